The van der Waals surface area contributed by atoms with Gasteiger partial charge in [-0.15, -0.1) is 0 Å². The molecular formula is C9H17NO2. The molecule has 1 aliphatic rings. The number of alkyl carbamates (subject to hydrolysis) is 1. The molecule has 0 aromatic rings. The summed E-state index contributed by atoms with van der Waals surface area (Å²) in [5, 5.41) is 2.74. The molecule has 0 aromatic carbocycles. The summed E-state index contributed by atoms with van der Waals surface area (Å²) >= 11 is 0. The van der Waals surface area contributed by atoms with Crippen LogP contribution in [0.2, 0.25) is 0 Å². The molecule has 3 nitrogen and oxygen atoms in total. The lowest BCUT2D eigenvalue weighted by molar-refractivity contribution is 0.168. The second-order valence-corrected chi connectivity index (χ2v) is 3.54. The summed E-state index contributed by atoms with van der Waals surface area (Å²) in [6.07, 6.45) is 3.53. The van der Waals surface area contributed by atoms with Gasteiger partial charge >= 0.3 is 6.09 Å². The van der Waals surface area contributed by atoms with Gasteiger partial charge in [-0.2, -0.15) is 0 Å². The third kappa shape index (κ3) is 2.40. The van der Waals surface area contributed by atoms with Gasteiger partial charge in [0.05, 0.1) is 7.11 Å². The average molecular weight is 171 g/mol. The molecule has 1 saturated carbocycles. The zero-order valence-electron chi connectivity index (χ0n) is 7.80. The Hall–Kier alpha value is -0.730. The fourth-order valence-electron chi connectivity index (χ4n) is 1.81. The van der Waals surface area contributed by atoms with Crippen molar-refractivity contribution in [1.29, 1.82) is 0 Å². The first-order chi connectivity index (χ1) is 5.74. The second-order valence-electron chi connectivity index (χ2n) is 3.54. The molecule has 0 bridgehead atoms. The minimum Gasteiger partial charge on any atom is -0.453 e. The smallest absolute Gasteiger partial charge is 0.406 e. The molecule has 0 radical (unpaired) electrons. The Morgan fingerprint density at radius 2 is 2.33 bits per heavy atom. The van der Waals surface area contributed by atoms with E-state index in [9.17, 15) is 4.79 Å². The molecule has 1 N–H and O–H groups in total. The Morgan fingerprint density at radius 1 is 1.58 bits per heavy atom. The lowest BCUT2D eigenvalue weighted by Crippen LogP contribution is -2.29. The van der Waals surface area contributed by atoms with Crippen molar-refractivity contribution in [3.8, 4) is 0 Å². The number of nitrogens with one attached hydrogen (secondary N) is 1. The van der Waals surface area contributed by atoms with E-state index in [0.717, 1.165) is 12.5 Å². The van der Waals surface area contributed by atoms with E-state index in [2.05, 4.69) is 17.0 Å². The second kappa shape index (κ2) is 4.33. The van der Waals surface area contributed by atoms with E-state index < -0.39 is 0 Å². The summed E-state index contributed by atoms with van der Waals surface area (Å²) in [5.74, 6) is 1.41. The molecule has 1 aliphatic carbocycles. The van der Waals surface area contributed by atoms with Crippen LogP contribution in [0.5, 0.6) is 0 Å². The van der Waals surface area contributed by atoms with Gasteiger partial charge in [0.15, 0.2) is 0 Å². The minimum atomic E-state index is -0.311. The van der Waals surface area contributed by atoms with E-state index >= 15 is 0 Å². The van der Waals surface area contributed by atoms with Crippen LogP contribution in [0.15, 0.2) is 0 Å². The Kier molecular flexibility index (Phi) is 3.38. The maximum Gasteiger partial charge on any atom is 0.406 e. The monoisotopic (exact) mass is 171 g/mol. The molecule has 2 atom stereocenters. The van der Waals surface area contributed by atoms with Crippen LogP contribution in [0.4, 0.5) is 4.79 Å². The number of carbonyl (C=O) groups is 1. The van der Waals surface area contributed by atoms with Crippen LogP contribution in [-0.4, -0.2) is 19.7 Å². The first kappa shape index (κ1) is 9.36. The summed E-state index contributed by atoms with van der Waals surface area (Å²) in [6.45, 7) is 3.02. The number of methoxy groups -OCH3 is 1. The van der Waals surface area contributed by atoms with Gasteiger partial charge in [0.1, 0.15) is 0 Å². The van der Waals surface area contributed by atoms with Crippen LogP contribution in [0.3, 0.4) is 0 Å². The molecule has 12 heavy (non-hydrogen) atoms. The molecule has 0 spiro atoms. The number of carbonyl (C=O) groups excluding carboxylic acids is 1. The highest BCUT2D eigenvalue weighted by Gasteiger charge is 2.23. The summed E-state index contributed by atoms with van der Waals surface area (Å²) < 4.78 is 4.50. The van der Waals surface area contributed by atoms with Gasteiger partial charge in [0, 0.05) is 6.54 Å². The summed E-state index contributed by atoms with van der Waals surface area (Å²) in [6, 6.07) is 0. The average Bonchev–Trinajstić information content (AvgIpc) is 2.47. The van der Waals surface area contributed by atoms with E-state index in [1.165, 1.54) is 26.4 Å². The zero-order chi connectivity index (χ0) is 8.97. The highest BCUT2D eigenvalue weighted by Crippen LogP contribution is 2.30. The van der Waals surface area contributed by atoms with Crippen LogP contribution in [-0.2, 0) is 4.74 Å². The molecular weight excluding hydrogens is 154 g/mol. The van der Waals surface area contributed by atoms with Gasteiger partial charge in [-0.1, -0.05) is 19.8 Å². The van der Waals surface area contributed by atoms with Crippen molar-refractivity contribution in [2.45, 2.75) is 26.2 Å². The van der Waals surface area contributed by atoms with E-state index in [1.807, 2.05) is 0 Å². The highest BCUT2D eigenvalue weighted by molar-refractivity contribution is 5.66. The predicted molar refractivity (Wildman–Crippen MR) is 46.9 cm³/mol. The largest absolute Gasteiger partial charge is 0.453 e. The Labute approximate surface area is 73.5 Å². The van der Waals surface area contributed by atoms with Gasteiger partial charge in [-0.05, 0) is 18.3 Å². The Morgan fingerprint density at radius 3 is 2.83 bits per heavy atom. The van der Waals surface area contributed by atoms with Crippen molar-refractivity contribution >= 4 is 6.09 Å². The van der Waals surface area contributed by atoms with Crippen molar-refractivity contribution in [3.05, 3.63) is 0 Å². The van der Waals surface area contributed by atoms with Gasteiger partial charge in [0.25, 0.3) is 0 Å². The number of ether oxygens (including phenoxy) is 1. The maximum atomic E-state index is 10.7. The Balaban J connectivity index is 2.18. The number of rotatable bonds is 2. The zero-order valence-corrected chi connectivity index (χ0v) is 7.80. The van der Waals surface area contributed by atoms with Gasteiger partial charge in [-0.25, -0.2) is 4.79 Å². The van der Waals surface area contributed by atoms with Crippen molar-refractivity contribution < 1.29 is 9.53 Å². The van der Waals surface area contributed by atoms with Gasteiger partial charge in [0.2, 0.25) is 0 Å². The van der Waals surface area contributed by atoms with Gasteiger partial charge in [-0.3, -0.25) is 0 Å². The molecule has 70 valence electrons. The number of hydrogen-bond donors (Lipinski definition) is 1. The lowest BCUT2D eigenvalue weighted by atomic mass is 9.98. The van der Waals surface area contributed by atoms with Crippen LogP contribution < -0.4 is 5.32 Å². The molecule has 0 heterocycles. The van der Waals surface area contributed by atoms with Crippen molar-refractivity contribution in [2.24, 2.45) is 11.8 Å². The summed E-state index contributed by atoms with van der Waals surface area (Å²) in [4.78, 5) is 10.7. The van der Waals surface area contributed by atoms with Crippen LogP contribution in [0.25, 0.3) is 0 Å². The van der Waals surface area contributed by atoms with Crippen LogP contribution in [0, 0.1) is 11.8 Å². The van der Waals surface area contributed by atoms with E-state index in [0.29, 0.717) is 5.92 Å². The number of amides is 1. The van der Waals surface area contributed by atoms with Crippen LogP contribution in [0.1, 0.15) is 26.2 Å². The Bertz CT molecular complexity index is 159. The van der Waals surface area contributed by atoms with Crippen molar-refractivity contribution in [2.75, 3.05) is 13.7 Å². The van der Waals surface area contributed by atoms with E-state index in [4.69, 9.17) is 0 Å². The standard InChI is InChI=1S/C9H17NO2/c1-7-4-3-5-8(7)6-10-9(11)12-2/h7-8H,3-6H2,1-2H3,(H,10,11). The first-order valence-corrected chi connectivity index (χ1v) is 4.56. The van der Waals surface area contributed by atoms with E-state index in [1.54, 1.807) is 0 Å². The molecule has 3 heteroatoms. The maximum absolute atomic E-state index is 10.7. The molecule has 1 rings (SSSR count). The fourth-order valence-corrected chi connectivity index (χ4v) is 1.81. The SMILES string of the molecule is COC(=O)NCC1CCCC1C. The summed E-state index contributed by atoms with van der Waals surface area (Å²) in [5.41, 5.74) is 0. The normalized spacial score (nSPS) is 28.5. The number of hydrogen-bond acceptors (Lipinski definition) is 2. The molecule has 2 unspecified atom stereocenters. The quantitative estimate of drug-likeness (QED) is 0.687. The third-order valence-corrected chi connectivity index (χ3v) is 2.73. The molecule has 0 aromatic heterocycles. The van der Waals surface area contributed by atoms with Crippen molar-refractivity contribution in [3.63, 3.8) is 0 Å². The summed E-state index contributed by atoms with van der Waals surface area (Å²) in [7, 11) is 1.40. The minimum absolute atomic E-state index is 0.311. The molecule has 0 saturated heterocycles. The van der Waals surface area contributed by atoms with Gasteiger partial charge < -0.3 is 10.1 Å². The third-order valence-electron chi connectivity index (χ3n) is 2.73. The van der Waals surface area contributed by atoms with Crippen molar-refractivity contribution in [1.82, 2.24) is 5.32 Å². The van der Waals surface area contributed by atoms with E-state index in [-0.39, 0.29) is 6.09 Å². The predicted octanol–water partition coefficient (Wildman–Crippen LogP) is 1.78. The van der Waals surface area contributed by atoms with Crippen LogP contribution >= 0.6 is 0 Å². The topological polar surface area (TPSA) is 38.3 Å². The first-order valence-electron chi connectivity index (χ1n) is 4.56. The molecule has 1 fully saturated rings. The fraction of sp³-hybridized carbons (Fsp3) is 0.889. The lowest BCUT2D eigenvalue weighted by Gasteiger charge is -2.14. The molecule has 0 aliphatic heterocycles. The molecule has 1 amide bonds. The highest BCUT2D eigenvalue weighted by atomic mass is 16.5.